The average molecular weight is 689 g/mol. The Hall–Kier alpha value is -2.25. The zero-order chi connectivity index (χ0) is 35.8. The van der Waals surface area contributed by atoms with Crippen LogP contribution in [0.2, 0.25) is 0 Å². The van der Waals surface area contributed by atoms with Crippen molar-refractivity contribution in [3.05, 3.63) is 36.5 Å². The fourth-order valence-corrected chi connectivity index (χ4v) is 6.25. The summed E-state index contributed by atoms with van der Waals surface area (Å²) in [4.78, 5) is 36.7. The van der Waals surface area contributed by atoms with E-state index in [4.69, 9.17) is 9.47 Å². The molecule has 0 amide bonds. The maximum atomic E-state index is 12.3. The molecular formula is C42H72O7. The molecule has 0 radical (unpaired) electrons. The lowest BCUT2D eigenvalue weighted by molar-refractivity contribution is -0.161. The third-order valence-electron chi connectivity index (χ3n) is 9.43. The van der Waals surface area contributed by atoms with Crippen molar-refractivity contribution in [1.29, 1.82) is 0 Å². The lowest BCUT2D eigenvalue weighted by Gasteiger charge is -2.15. The summed E-state index contributed by atoms with van der Waals surface area (Å²) < 4.78 is 10.6. The van der Waals surface area contributed by atoms with E-state index in [1.54, 1.807) is 12.2 Å². The first-order valence-corrected chi connectivity index (χ1v) is 20.1. The lowest BCUT2D eigenvalue weighted by atomic mass is 9.90. The molecule has 1 aliphatic carbocycles. The number of aliphatic hydroxyl groups is 2. The molecule has 4 atom stereocenters. The van der Waals surface area contributed by atoms with Gasteiger partial charge >= 0.3 is 11.9 Å². The second-order valence-corrected chi connectivity index (χ2v) is 14.0. The molecule has 49 heavy (non-hydrogen) atoms. The topological polar surface area (TPSA) is 110 Å². The van der Waals surface area contributed by atoms with Crippen molar-refractivity contribution in [1.82, 2.24) is 0 Å². The van der Waals surface area contributed by atoms with Crippen molar-refractivity contribution in [2.45, 2.75) is 187 Å². The number of allylic oxidation sites excluding steroid dienone is 5. The number of hydrogen-bond donors (Lipinski definition) is 2. The van der Waals surface area contributed by atoms with Gasteiger partial charge in [0.1, 0.15) is 6.61 Å². The maximum absolute atomic E-state index is 12.3. The van der Waals surface area contributed by atoms with Gasteiger partial charge in [0.25, 0.3) is 0 Å². The zero-order valence-electron chi connectivity index (χ0n) is 31.3. The second-order valence-electron chi connectivity index (χ2n) is 14.0. The van der Waals surface area contributed by atoms with Crippen LogP contribution in [0.3, 0.4) is 0 Å². The molecule has 282 valence electrons. The molecule has 0 aromatic heterocycles. The third kappa shape index (κ3) is 25.4. The fraction of sp³-hybridized carbons (Fsp3) is 0.786. The Labute approximate surface area is 299 Å². The van der Waals surface area contributed by atoms with E-state index in [0.717, 1.165) is 44.9 Å². The highest BCUT2D eigenvalue weighted by atomic mass is 16.6. The molecule has 0 bridgehead atoms. The summed E-state index contributed by atoms with van der Waals surface area (Å²) in [5, 5.41) is 19.7. The number of carbonyl (C=O) groups is 3. The van der Waals surface area contributed by atoms with Crippen LogP contribution < -0.4 is 0 Å². The summed E-state index contributed by atoms with van der Waals surface area (Å²) in [5.74, 6) is -0.829. The van der Waals surface area contributed by atoms with Crippen molar-refractivity contribution >= 4 is 17.7 Å². The van der Waals surface area contributed by atoms with Gasteiger partial charge in [0, 0.05) is 18.8 Å². The minimum Gasteiger partial charge on any atom is -0.462 e. The minimum absolute atomic E-state index is 0.0718. The first-order valence-electron chi connectivity index (χ1n) is 20.1. The standard InChI is InChI=1S/C42H72O7/c1-3-5-7-8-9-10-11-12-13-14-15-16-17-18-19-24-28-41(46)48-35-38(34-43)49-42(47)29-25-21-20-23-26-36-30-33-40(45)39(36)32-31-37(44)27-22-6-4-2/h20,23,30-33,36-39,43-44H,3-19,21-22,24-29,34-35H2,1-2H3/b23-20-,32-31+/t36-,37-,38-,39+/m0/s1. The van der Waals surface area contributed by atoms with Crippen LogP contribution in [0.1, 0.15) is 174 Å². The van der Waals surface area contributed by atoms with Gasteiger partial charge in [0.15, 0.2) is 11.9 Å². The molecule has 0 unspecified atom stereocenters. The van der Waals surface area contributed by atoms with Gasteiger partial charge in [-0.25, -0.2) is 0 Å². The molecule has 7 heteroatoms. The largest absolute Gasteiger partial charge is 0.462 e. The number of aliphatic hydroxyl groups excluding tert-OH is 2. The molecule has 0 saturated heterocycles. The van der Waals surface area contributed by atoms with Crippen LogP contribution in [0.15, 0.2) is 36.5 Å². The number of hydrogen-bond acceptors (Lipinski definition) is 7. The number of esters is 2. The number of ketones is 1. The number of carbonyl (C=O) groups excluding carboxylic acids is 3. The van der Waals surface area contributed by atoms with Crippen LogP contribution in [0.5, 0.6) is 0 Å². The van der Waals surface area contributed by atoms with E-state index >= 15 is 0 Å². The predicted molar refractivity (Wildman–Crippen MR) is 200 cm³/mol. The first-order chi connectivity index (χ1) is 23.9. The monoisotopic (exact) mass is 689 g/mol. The van der Waals surface area contributed by atoms with Gasteiger partial charge in [0.2, 0.25) is 0 Å². The van der Waals surface area contributed by atoms with Crippen molar-refractivity contribution in [2.75, 3.05) is 13.2 Å². The van der Waals surface area contributed by atoms with Crippen molar-refractivity contribution in [2.24, 2.45) is 11.8 Å². The smallest absolute Gasteiger partial charge is 0.306 e. The Morgan fingerprint density at radius 3 is 1.90 bits per heavy atom. The Kier molecular flexibility index (Phi) is 29.0. The van der Waals surface area contributed by atoms with E-state index in [-0.39, 0.29) is 36.6 Å². The minimum atomic E-state index is -0.848. The van der Waals surface area contributed by atoms with Crippen LogP contribution in [-0.2, 0) is 23.9 Å². The van der Waals surface area contributed by atoms with E-state index in [2.05, 4.69) is 13.8 Å². The van der Waals surface area contributed by atoms with Crippen LogP contribution in [0.4, 0.5) is 0 Å². The van der Waals surface area contributed by atoms with Gasteiger partial charge in [-0.1, -0.05) is 160 Å². The van der Waals surface area contributed by atoms with Crippen LogP contribution in [0, 0.1) is 11.8 Å². The summed E-state index contributed by atoms with van der Waals surface area (Å²) in [5.41, 5.74) is 0. The van der Waals surface area contributed by atoms with Gasteiger partial charge in [0.05, 0.1) is 12.7 Å². The van der Waals surface area contributed by atoms with Crippen LogP contribution >= 0.6 is 0 Å². The second kappa shape index (κ2) is 31.7. The molecule has 0 fully saturated rings. The SMILES string of the molecule is CCCCCCCCCCCCCCCCCCC(=O)OC[C@H](CO)OC(=O)CCC/C=C\C[C@H]1C=CC(=O)[C@@H]1/C=C/[C@@H](O)CCCCC. The number of ether oxygens (including phenoxy) is 2. The highest BCUT2D eigenvalue weighted by Crippen LogP contribution is 2.27. The molecule has 0 aromatic carbocycles. The molecule has 2 N–H and O–H groups in total. The Bertz CT molecular complexity index is 924. The Morgan fingerprint density at radius 1 is 0.755 bits per heavy atom. The normalized spacial score (nSPS) is 17.3. The molecule has 7 nitrogen and oxygen atoms in total. The lowest BCUT2D eigenvalue weighted by Crippen LogP contribution is -2.28. The summed E-state index contributed by atoms with van der Waals surface area (Å²) in [7, 11) is 0. The molecule has 0 spiro atoms. The number of rotatable bonds is 33. The van der Waals surface area contributed by atoms with E-state index < -0.39 is 24.8 Å². The molecule has 1 aliphatic rings. The van der Waals surface area contributed by atoms with Gasteiger partial charge in [-0.05, 0) is 44.1 Å². The van der Waals surface area contributed by atoms with Gasteiger partial charge in [-0.2, -0.15) is 0 Å². The van der Waals surface area contributed by atoms with Gasteiger partial charge in [-0.15, -0.1) is 0 Å². The zero-order valence-corrected chi connectivity index (χ0v) is 31.3. The predicted octanol–water partition coefficient (Wildman–Crippen LogP) is 10.1. The summed E-state index contributed by atoms with van der Waals surface area (Å²) in [6.07, 6.45) is 36.8. The van der Waals surface area contributed by atoms with Crippen molar-refractivity contribution in [3.63, 3.8) is 0 Å². The maximum Gasteiger partial charge on any atom is 0.306 e. The van der Waals surface area contributed by atoms with Crippen LogP contribution in [-0.4, -0.2) is 53.4 Å². The quantitative estimate of drug-likeness (QED) is 0.0401. The third-order valence-corrected chi connectivity index (χ3v) is 9.43. The highest BCUT2D eigenvalue weighted by Gasteiger charge is 2.27. The molecular weight excluding hydrogens is 616 g/mol. The molecule has 0 heterocycles. The van der Waals surface area contributed by atoms with Crippen molar-refractivity contribution in [3.8, 4) is 0 Å². The van der Waals surface area contributed by atoms with Crippen molar-refractivity contribution < 1.29 is 34.1 Å². The Morgan fingerprint density at radius 2 is 1.31 bits per heavy atom. The molecule has 0 aromatic rings. The van der Waals surface area contributed by atoms with Crippen LogP contribution in [0.25, 0.3) is 0 Å². The Balaban J connectivity index is 2.05. The first kappa shape index (κ1) is 44.8. The summed E-state index contributed by atoms with van der Waals surface area (Å²) in [6, 6.07) is 0. The van der Waals surface area contributed by atoms with E-state index in [1.807, 2.05) is 24.3 Å². The van der Waals surface area contributed by atoms with Gasteiger partial charge in [-0.3, -0.25) is 14.4 Å². The van der Waals surface area contributed by atoms with E-state index in [0.29, 0.717) is 25.7 Å². The van der Waals surface area contributed by atoms with E-state index in [9.17, 15) is 24.6 Å². The summed E-state index contributed by atoms with van der Waals surface area (Å²) in [6.45, 7) is 3.88. The highest BCUT2D eigenvalue weighted by molar-refractivity contribution is 5.95. The average Bonchev–Trinajstić information content (AvgIpc) is 3.45. The molecule has 1 rings (SSSR count). The molecule has 0 aliphatic heterocycles. The summed E-state index contributed by atoms with van der Waals surface area (Å²) >= 11 is 0. The molecule has 0 saturated carbocycles. The number of unbranched alkanes of at least 4 members (excludes halogenated alkanes) is 18. The van der Waals surface area contributed by atoms with E-state index in [1.165, 1.54) is 83.5 Å². The van der Waals surface area contributed by atoms with Gasteiger partial charge < -0.3 is 19.7 Å². The fourth-order valence-electron chi connectivity index (χ4n) is 6.25.